The lowest BCUT2D eigenvalue weighted by Crippen LogP contribution is -2.75. The van der Waals surface area contributed by atoms with Crippen molar-refractivity contribution in [1.29, 1.82) is 0 Å². The summed E-state index contributed by atoms with van der Waals surface area (Å²) in [7, 11) is 0. The molecule has 7 aliphatic carbocycles. The van der Waals surface area contributed by atoms with Crippen LogP contribution in [0.1, 0.15) is 105 Å². The number of ketones is 1. The standard InChI is InChI=1S/C33H50O5/c1-27-9-5-20-6-12-31-16-25(38)32(19-35,14-13-27)33(20,17-27)23(31)15-21(36)26-28(2)10-8-24(37)29(3,18-34)22(28)7-11-30(26,31)4/h15,20,22,24-26,34-35,37-38H,5-14,16-19H2,1-4H3. The van der Waals surface area contributed by atoms with Gasteiger partial charge in [0.25, 0.3) is 0 Å². The molecular formula is C33H50O5. The average Bonchev–Trinajstić information content (AvgIpc) is 2.86. The quantitative estimate of drug-likeness (QED) is 0.415. The normalized spacial score (nSPS) is 60.8. The van der Waals surface area contributed by atoms with Crippen LogP contribution in [0.2, 0.25) is 0 Å². The van der Waals surface area contributed by atoms with Crippen molar-refractivity contribution >= 4 is 5.78 Å². The minimum Gasteiger partial charge on any atom is -0.396 e. The van der Waals surface area contributed by atoms with Crippen molar-refractivity contribution < 1.29 is 25.2 Å². The second kappa shape index (κ2) is 7.55. The van der Waals surface area contributed by atoms with E-state index in [-0.39, 0.29) is 57.9 Å². The Bertz CT molecular complexity index is 1100. The lowest BCUT2D eigenvalue weighted by molar-refractivity contribution is -0.274. The summed E-state index contributed by atoms with van der Waals surface area (Å²) in [5.41, 5.74) is -0.674. The first-order valence-corrected chi connectivity index (χ1v) is 15.7. The highest BCUT2D eigenvalue weighted by Crippen LogP contribution is 2.83. The maximum atomic E-state index is 14.7. The van der Waals surface area contributed by atoms with Crippen LogP contribution in [0, 0.1) is 55.7 Å². The van der Waals surface area contributed by atoms with E-state index in [4.69, 9.17) is 0 Å². The van der Waals surface area contributed by atoms with Crippen molar-refractivity contribution in [2.45, 2.75) is 117 Å². The van der Waals surface area contributed by atoms with Crippen LogP contribution in [0.3, 0.4) is 0 Å². The Morgan fingerprint density at radius 2 is 1.58 bits per heavy atom. The summed E-state index contributed by atoms with van der Waals surface area (Å²) < 4.78 is 0. The lowest BCUT2D eigenvalue weighted by atomic mass is 9.25. The molecule has 6 fully saturated rings. The van der Waals surface area contributed by atoms with Crippen LogP contribution >= 0.6 is 0 Å². The molecule has 12 unspecified atom stereocenters. The molecule has 0 aromatic carbocycles. The molecule has 0 aliphatic heterocycles. The Balaban J connectivity index is 1.45. The summed E-state index contributed by atoms with van der Waals surface area (Å²) in [6, 6.07) is 0. The summed E-state index contributed by atoms with van der Waals surface area (Å²) in [5.74, 6) is 0.596. The maximum absolute atomic E-state index is 14.7. The summed E-state index contributed by atoms with van der Waals surface area (Å²) in [6.45, 7) is 9.07. The molecule has 212 valence electrons. The molecule has 7 aliphatic rings. The van der Waals surface area contributed by atoms with Crippen LogP contribution in [0.15, 0.2) is 11.6 Å². The number of hydrogen-bond acceptors (Lipinski definition) is 5. The second-order valence-electron chi connectivity index (χ2n) is 16.5. The van der Waals surface area contributed by atoms with E-state index in [0.717, 1.165) is 57.8 Å². The minimum absolute atomic E-state index is 0.00896. The van der Waals surface area contributed by atoms with Crippen LogP contribution in [0.5, 0.6) is 0 Å². The van der Waals surface area contributed by atoms with Crippen LogP contribution in [-0.2, 0) is 4.79 Å². The molecule has 0 amide bonds. The van der Waals surface area contributed by atoms with Crippen molar-refractivity contribution in [3.8, 4) is 0 Å². The molecule has 38 heavy (non-hydrogen) atoms. The number of aliphatic hydroxyl groups is 4. The molecule has 0 aromatic rings. The van der Waals surface area contributed by atoms with E-state index < -0.39 is 23.0 Å². The molecule has 6 saturated carbocycles. The third-order valence-corrected chi connectivity index (χ3v) is 15.5. The van der Waals surface area contributed by atoms with E-state index in [9.17, 15) is 25.2 Å². The first kappa shape index (κ1) is 26.2. The van der Waals surface area contributed by atoms with E-state index in [1.54, 1.807) is 0 Å². The van der Waals surface area contributed by atoms with Crippen molar-refractivity contribution in [3.05, 3.63) is 11.6 Å². The predicted octanol–water partition coefficient (Wildman–Crippen LogP) is 4.80. The summed E-state index contributed by atoms with van der Waals surface area (Å²) in [6.07, 6.45) is 12.3. The Morgan fingerprint density at radius 3 is 2.29 bits per heavy atom. The topological polar surface area (TPSA) is 98.0 Å². The first-order valence-electron chi connectivity index (χ1n) is 15.7. The van der Waals surface area contributed by atoms with Gasteiger partial charge in [0, 0.05) is 27.6 Å². The molecule has 0 radical (unpaired) electrons. The molecule has 4 N–H and O–H groups in total. The van der Waals surface area contributed by atoms with Crippen LogP contribution < -0.4 is 0 Å². The number of allylic oxidation sites excluding steroid dienone is 2. The van der Waals surface area contributed by atoms with Gasteiger partial charge >= 0.3 is 0 Å². The van der Waals surface area contributed by atoms with Gasteiger partial charge in [-0.2, -0.15) is 0 Å². The fraction of sp³-hybridized carbons (Fsp3) is 0.909. The summed E-state index contributed by atoms with van der Waals surface area (Å²) in [4.78, 5) is 14.7. The van der Waals surface area contributed by atoms with Gasteiger partial charge in [-0.15, -0.1) is 0 Å². The van der Waals surface area contributed by atoms with E-state index in [0.29, 0.717) is 18.8 Å². The zero-order chi connectivity index (χ0) is 27.1. The van der Waals surface area contributed by atoms with Crippen molar-refractivity contribution in [2.24, 2.45) is 55.7 Å². The van der Waals surface area contributed by atoms with Gasteiger partial charge in [-0.05, 0) is 111 Å². The highest BCUT2D eigenvalue weighted by atomic mass is 16.3. The van der Waals surface area contributed by atoms with Gasteiger partial charge in [0.1, 0.15) is 0 Å². The number of hydrogen-bond donors (Lipinski definition) is 4. The number of fused-ring (bicyclic) bond motifs is 4. The fourth-order valence-corrected chi connectivity index (χ4v) is 13.6. The van der Waals surface area contributed by atoms with Gasteiger partial charge in [-0.3, -0.25) is 4.79 Å². The zero-order valence-corrected chi connectivity index (χ0v) is 24.1. The molecule has 0 saturated heterocycles. The van der Waals surface area contributed by atoms with Gasteiger partial charge in [0.2, 0.25) is 0 Å². The molecule has 5 nitrogen and oxygen atoms in total. The predicted molar refractivity (Wildman–Crippen MR) is 145 cm³/mol. The Morgan fingerprint density at radius 1 is 0.842 bits per heavy atom. The van der Waals surface area contributed by atoms with Crippen LogP contribution in [0.25, 0.3) is 0 Å². The molecule has 3 bridgehead atoms. The van der Waals surface area contributed by atoms with Crippen LogP contribution in [0.4, 0.5) is 0 Å². The maximum Gasteiger partial charge on any atom is 0.159 e. The SMILES string of the molecule is CC12CCC3CCC45CC(O)C(CO)(CC1)C3(C2)C4=CC(=O)C1C2(C)CCC(O)C(C)(CO)C2CCC15C. The summed E-state index contributed by atoms with van der Waals surface area (Å²) >= 11 is 0. The van der Waals surface area contributed by atoms with Gasteiger partial charge in [0.05, 0.1) is 25.4 Å². The molecule has 12 atom stereocenters. The molecular weight excluding hydrogens is 476 g/mol. The number of carbonyl (C=O) groups excluding carboxylic acids is 1. The van der Waals surface area contributed by atoms with Crippen molar-refractivity contribution in [3.63, 3.8) is 0 Å². The fourth-order valence-electron chi connectivity index (χ4n) is 13.6. The molecule has 7 rings (SSSR count). The Labute approximate surface area is 228 Å². The van der Waals surface area contributed by atoms with Gasteiger partial charge in [-0.25, -0.2) is 0 Å². The highest BCUT2D eigenvalue weighted by Gasteiger charge is 2.79. The average molecular weight is 527 g/mol. The molecule has 0 aromatic heterocycles. The number of rotatable bonds is 2. The zero-order valence-electron chi connectivity index (χ0n) is 24.1. The van der Waals surface area contributed by atoms with Crippen molar-refractivity contribution in [1.82, 2.24) is 0 Å². The first-order chi connectivity index (χ1) is 17.8. The Kier molecular flexibility index (Phi) is 5.20. The molecule has 1 spiro atoms. The van der Waals surface area contributed by atoms with E-state index in [2.05, 4.69) is 26.8 Å². The van der Waals surface area contributed by atoms with E-state index >= 15 is 0 Å². The van der Waals surface area contributed by atoms with E-state index in [1.165, 1.54) is 12.0 Å². The highest BCUT2D eigenvalue weighted by molar-refractivity contribution is 5.96. The minimum atomic E-state index is -0.598. The van der Waals surface area contributed by atoms with Gasteiger partial charge in [-0.1, -0.05) is 33.3 Å². The largest absolute Gasteiger partial charge is 0.396 e. The van der Waals surface area contributed by atoms with Crippen molar-refractivity contribution in [2.75, 3.05) is 13.2 Å². The van der Waals surface area contributed by atoms with Crippen LogP contribution in [-0.4, -0.2) is 51.6 Å². The number of aliphatic hydroxyl groups excluding tert-OH is 4. The second-order valence-corrected chi connectivity index (χ2v) is 16.5. The Hall–Kier alpha value is -0.750. The third-order valence-electron chi connectivity index (χ3n) is 15.5. The molecule has 5 heteroatoms. The smallest absolute Gasteiger partial charge is 0.159 e. The third kappa shape index (κ3) is 2.55. The lowest BCUT2D eigenvalue weighted by Gasteiger charge is -2.79. The molecule has 0 heterocycles. The van der Waals surface area contributed by atoms with Gasteiger partial charge < -0.3 is 20.4 Å². The van der Waals surface area contributed by atoms with E-state index in [1.807, 2.05) is 6.92 Å². The monoisotopic (exact) mass is 526 g/mol. The summed E-state index contributed by atoms with van der Waals surface area (Å²) in [5, 5.41) is 44.8. The van der Waals surface area contributed by atoms with Gasteiger partial charge in [0.15, 0.2) is 5.78 Å². The number of carbonyl (C=O) groups is 1.